The summed E-state index contributed by atoms with van der Waals surface area (Å²) in [6.07, 6.45) is -4.53. The van der Waals surface area contributed by atoms with Crippen LogP contribution >= 0.6 is 0 Å². The minimum Gasteiger partial charge on any atom is -0.508 e. The van der Waals surface area contributed by atoms with Crippen molar-refractivity contribution in [3.63, 3.8) is 0 Å². The third-order valence-corrected chi connectivity index (χ3v) is 2.66. The molecule has 1 atom stereocenters. The number of fused-ring (bicyclic) bond motifs is 1. The number of halogens is 3. The zero-order chi connectivity index (χ0) is 11.3. The fourth-order valence-electron chi connectivity index (χ4n) is 1.78. The SMILES string of the molecule is CC1(C(F)(F)F)OCc2cccc(O)c21. The van der Waals surface area contributed by atoms with E-state index in [9.17, 15) is 18.3 Å². The van der Waals surface area contributed by atoms with Gasteiger partial charge in [0.2, 0.25) is 0 Å². The Morgan fingerprint density at radius 1 is 1.40 bits per heavy atom. The van der Waals surface area contributed by atoms with Crippen LogP contribution in [0.15, 0.2) is 18.2 Å². The number of benzene rings is 1. The lowest BCUT2D eigenvalue weighted by atomic mass is 9.93. The number of hydrogen-bond donors (Lipinski definition) is 1. The Hall–Kier alpha value is -1.23. The molecule has 0 bridgehead atoms. The first kappa shape index (κ1) is 10.3. The number of ether oxygens (including phenoxy) is 1. The summed E-state index contributed by atoms with van der Waals surface area (Å²) in [6.45, 7) is 0.804. The molecule has 0 fully saturated rings. The molecule has 15 heavy (non-hydrogen) atoms. The van der Waals surface area contributed by atoms with E-state index in [0.717, 1.165) is 6.92 Å². The van der Waals surface area contributed by atoms with Gasteiger partial charge in [-0.25, -0.2) is 0 Å². The molecule has 82 valence electrons. The molecule has 5 heteroatoms. The second-order valence-electron chi connectivity index (χ2n) is 3.63. The number of aromatic hydroxyl groups is 1. The highest BCUT2D eigenvalue weighted by Crippen LogP contribution is 2.50. The summed E-state index contributed by atoms with van der Waals surface area (Å²) in [5, 5.41) is 9.45. The molecule has 1 aliphatic rings. The normalized spacial score (nSPS) is 25.3. The number of alkyl halides is 3. The quantitative estimate of drug-likeness (QED) is 0.725. The van der Waals surface area contributed by atoms with E-state index in [1.54, 1.807) is 0 Å². The molecule has 0 aromatic heterocycles. The van der Waals surface area contributed by atoms with Crippen LogP contribution in [-0.2, 0) is 16.9 Å². The summed E-state index contributed by atoms with van der Waals surface area (Å²) >= 11 is 0. The molecule has 0 amide bonds. The zero-order valence-corrected chi connectivity index (χ0v) is 7.93. The molecule has 2 rings (SSSR count). The zero-order valence-electron chi connectivity index (χ0n) is 7.93. The van der Waals surface area contributed by atoms with Crippen LogP contribution in [0.3, 0.4) is 0 Å². The van der Waals surface area contributed by atoms with E-state index in [1.165, 1.54) is 18.2 Å². The van der Waals surface area contributed by atoms with Crippen LogP contribution < -0.4 is 0 Å². The molecule has 1 unspecified atom stereocenters. The summed E-state index contributed by atoms with van der Waals surface area (Å²) in [6, 6.07) is 4.25. The Morgan fingerprint density at radius 2 is 2.07 bits per heavy atom. The minimum atomic E-state index is -4.53. The summed E-state index contributed by atoms with van der Waals surface area (Å²) in [7, 11) is 0. The van der Waals surface area contributed by atoms with Crippen LogP contribution in [-0.4, -0.2) is 11.3 Å². The second-order valence-corrected chi connectivity index (χ2v) is 3.63. The van der Waals surface area contributed by atoms with Gasteiger partial charge in [-0.15, -0.1) is 0 Å². The van der Waals surface area contributed by atoms with Gasteiger partial charge in [-0.1, -0.05) is 12.1 Å². The molecule has 0 radical (unpaired) electrons. The third kappa shape index (κ3) is 1.30. The smallest absolute Gasteiger partial charge is 0.421 e. The Balaban J connectivity index is 2.62. The minimum absolute atomic E-state index is 0.125. The van der Waals surface area contributed by atoms with E-state index < -0.39 is 11.8 Å². The van der Waals surface area contributed by atoms with Crippen molar-refractivity contribution in [1.82, 2.24) is 0 Å². The molecular weight excluding hydrogens is 209 g/mol. The van der Waals surface area contributed by atoms with E-state index in [2.05, 4.69) is 0 Å². The molecular formula is C10H9F3O2. The number of phenolic OH excluding ortho intramolecular Hbond substituents is 1. The number of rotatable bonds is 0. The van der Waals surface area contributed by atoms with Crippen molar-refractivity contribution >= 4 is 0 Å². The molecule has 0 saturated carbocycles. The molecule has 1 N–H and O–H groups in total. The maximum atomic E-state index is 12.8. The van der Waals surface area contributed by atoms with Crippen LogP contribution in [0.1, 0.15) is 18.1 Å². The molecule has 1 heterocycles. The van der Waals surface area contributed by atoms with Crippen LogP contribution in [0, 0.1) is 0 Å². The molecule has 2 nitrogen and oxygen atoms in total. The molecule has 1 aliphatic heterocycles. The number of hydrogen-bond acceptors (Lipinski definition) is 2. The van der Waals surface area contributed by atoms with Crippen LogP contribution in [0.5, 0.6) is 5.75 Å². The maximum absolute atomic E-state index is 12.8. The van der Waals surface area contributed by atoms with Gasteiger partial charge in [0.05, 0.1) is 6.61 Å². The fourth-order valence-corrected chi connectivity index (χ4v) is 1.78. The van der Waals surface area contributed by atoms with Gasteiger partial charge in [0.25, 0.3) is 0 Å². The summed E-state index contributed by atoms with van der Waals surface area (Å²) < 4.78 is 43.1. The summed E-state index contributed by atoms with van der Waals surface area (Å²) in [5.74, 6) is -0.371. The monoisotopic (exact) mass is 218 g/mol. The Kier molecular flexibility index (Phi) is 1.98. The Morgan fingerprint density at radius 3 is 2.67 bits per heavy atom. The maximum Gasteiger partial charge on any atom is 0.421 e. The Bertz CT molecular complexity index is 400. The van der Waals surface area contributed by atoms with Gasteiger partial charge in [0, 0.05) is 5.56 Å². The van der Waals surface area contributed by atoms with Crippen molar-refractivity contribution in [2.24, 2.45) is 0 Å². The molecule has 0 aliphatic carbocycles. The summed E-state index contributed by atoms with van der Waals surface area (Å²) in [4.78, 5) is 0. The highest BCUT2D eigenvalue weighted by molar-refractivity contribution is 5.46. The van der Waals surface area contributed by atoms with Crippen LogP contribution in [0.25, 0.3) is 0 Å². The number of phenols is 1. The van der Waals surface area contributed by atoms with Crippen molar-refractivity contribution in [1.29, 1.82) is 0 Å². The van der Waals surface area contributed by atoms with Crippen molar-refractivity contribution in [3.05, 3.63) is 29.3 Å². The largest absolute Gasteiger partial charge is 0.508 e. The molecule has 1 aromatic carbocycles. The van der Waals surface area contributed by atoms with Crippen molar-refractivity contribution in [2.75, 3.05) is 0 Å². The van der Waals surface area contributed by atoms with Gasteiger partial charge in [0.15, 0.2) is 5.60 Å². The van der Waals surface area contributed by atoms with E-state index in [1.807, 2.05) is 0 Å². The highest BCUT2D eigenvalue weighted by atomic mass is 19.4. The molecule has 0 saturated heterocycles. The van der Waals surface area contributed by atoms with Crippen LogP contribution in [0.2, 0.25) is 0 Å². The lowest BCUT2D eigenvalue weighted by molar-refractivity contribution is -0.272. The van der Waals surface area contributed by atoms with E-state index in [-0.39, 0.29) is 17.9 Å². The lowest BCUT2D eigenvalue weighted by Crippen LogP contribution is -2.39. The standard InChI is InChI=1S/C10H9F3O2/c1-9(10(11,12)13)8-6(5-15-9)3-2-4-7(8)14/h2-4,14H,5H2,1H3. The second kappa shape index (κ2) is 2.88. The highest BCUT2D eigenvalue weighted by Gasteiger charge is 2.58. The first-order valence-electron chi connectivity index (χ1n) is 4.38. The van der Waals surface area contributed by atoms with Gasteiger partial charge in [-0.05, 0) is 18.6 Å². The van der Waals surface area contributed by atoms with Crippen molar-refractivity contribution in [2.45, 2.75) is 25.3 Å². The first-order chi connectivity index (χ1) is 6.86. The van der Waals surface area contributed by atoms with Crippen LogP contribution in [0.4, 0.5) is 13.2 Å². The van der Waals surface area contributed by atoms with Gasteiger partial charge in [-0.2, -0.15) is 13.2 Å². The van der Waals surface area contributed by atoms with Gasteiger partial charge in [-0.3, -0.25) is 0 Å². The predicted molar refractivity (Wildman–Crippen MR) is 46.3 cm³/mol. The molecule has 1 aromatic rings. The topological polar surface area (TPSA) is 29.5 Å². The van der Waals surface area contributed by atoms with Gasteiger partial charge in [0.1, 0.15) is 5.75 Å². The van der Waals surface area contributed by atoms with Crippen molar-refractivity contribution in [3.8, 4) is 5.75 Å². The van der Waals surface area contributed by atoms with E-state index >= 15 is 0 Å². The van der Waals surface area contributed by atoms with Crippen molar-refractivity contribution < 1.29 is 23.0 Å². The van der Waals surface area contributed by atoms with Gasteiger partial charge >= 0.3 is 6.18 Å². The van der Waals surface area contributed by atoms with Gasteiger partial charge < -0.3 is 9.84 Å². The predicted octanol–water partition coefficient (Wildman–Crippen LogP) is 2.70. The van der Waals surface area contributed by atoms with E-state index in [4.69, 9.17) is 4.74 Å². The Labute approximate surface area is 84.3 Å². The first-order valence-corrected chi connectivity index (χ1v) is 4.38. The third-order valence-electron chi connectivity index (χ3n) is 2.66. The van der Waals surface area contributed by atoms with E-state index in [0.29, 0.717) is 5.56 Å². The average Bonchev–Trinajstić information content (AvgIpc) is 2.45. The fraction of sp³-hybridized carbons (Fsp3) is 0.400. The lowest BCUT2D eigenvalue weighted by Gasteiger charge is -2.27. The summed E-state index contributed by atoms with van der Waals surface area (Å²) in [5.41, 5.74) is -2.18. The average molecular weight is 218 g/mol. The molecule has 0 spiro atoms.